The van der Waals surface area contributed by atoms with Gasteiger partial charge in [-0.05, 0) is 22.4 Å². The lowest BCUT2D eigenvalue weighted by Gasteiger charge is -2.48. The van der Waals surface area contributed by atoms with Crippen molar-refractivity contribution in [2.45, 2.75) is 36.5 Å². The van der Waals surface area contributed by atoms with Crippen LogP contribution >= 0.6 is 31.9 Å². The minimum atomic E-state index is -0.779. The van der Waals surface area contributed by atoms with Crippen LogP contribution in [0.2, 0.25) is 0 Å². The third-order valence-electron chi connectivity index (χ3n) is 6.59. The molecule has 0 fully saturated rings. The van der Waals surface area contributed by atoms with Gasteiger partial charge in [0, 0.05) is 23.0 Å². The summed E-state index contributed by atoms with van der Waals surface area (Å²) in [5.74, 6) is 0.146. The van der Waals surface area contributed by atoms with Gasteiger partial charge in [0.25, 0.3) is 0 Å². The van der Waals surface area contributed by atoms with E-state index in [0.717, 1.165) is 32.8 Å². The topological polar surface area (TPSA) is 88.1 Å². The van der Waals surface area contributed by atoms with Crippen LogP contribution in [0.4, 0.5) is 11.4 Å². The number of benzene rings is 1. The number of aromatic hydroxyl groups is 1. The normalized spacial score (nSPS) is 35.6. The Kier molecular flexibility index (Phi) is 2.91. The van der Waals surface area contributed by atoms with E-state index < -0.39 is 23.7 Å². The van der Waals surface area contributed by atoms with E-state index in [2.05, 4.69) is 46.7 Å². The lowest BCUT2D eigenvalue weighted by Crippen LogP contribution is -2.71. The fourth-order valence-corrected chi connectivity index (χ4v) is 6.77. The first kappa shape index (κ1) is 15.8. The molecule has 4 atom stereocenters. The second kappa shape index (κ2) is 4.79. The van der Waals surface area contributed by atoms with Crippen LogP contribution in [-0.4, -0.2) is 51.3 Å². The maximum atomic E-state index is 11.3. The molecular weight excluding hydrogens is 466 g/mol. The van der Waals surface area contributed by atoms with Crippen molar-refractivity contribution in [2.24, 2.45) is 4.99 Å². The largest absolute Gasteiger partial charge is 0.504 e. The van der Waals surface area contributed by atoms with E-state index in [0.29, 0.717) is 35.4 Å². The second-order valence-corrected chi connectivity index (χ2v) is 9.29. The standard InChI is InChI=1S/C18H15Br2N3O3/c19-7-5-18-2-3-21-11-9(18)12-8-6(17(20)22-10(8)15(11)25)1-4-23(12)13(14(7)24)16(18)26/h5,13-14,16,24,26H,1-4H2,(H,21,22,25)/p+1. The number of phenolic OH excluding ortho intramolecular Hbond substituents is 1. The highest BCUT2D eigenvalue weighted by molar-refractivity contribution is 9.18. The Hall–Kier alpha value is -1.22. The van der Waals surface area contributed by atoms with Gasteiger partial charge in [-0.2, -0.15) is 0 Å². The predicted octanol–water partition coefficient (Wildman–Crippen LogP) is 0.326. The molecule has 0 saturated carbocycles. The number of aliphatic hydroxyl groups is 2. The van der Waals surface area contributed by atoms with Crippen LogP contribution in [0.3, 0.4) is 0 Å². The Bertz CT molecular complexity index is 1110. The van der Waals surface area contributed by atoms with Crippen LogP contribution in [0.25, 0.3) is 5.57 Å². The molecule has 0 amide bonds. The third kappa shape index (κ3) is 1.54. The van der Waals surface area contributed by atoms with Gasteiger partial charge in [-0.1, -0.05) is 22.0 Å². The van der Waals surface area contributed by atoms with Gasteiger partial charge in [0.05, 0.1) is 21.9 Å². The SMILES string of the molecule is Oc1c2c3c4c5c1N=C(Br)C=5CC[N+]=4C1C(O)C(Br)=CC3(CCN2)C1O. The van der Waals surface area contributed by atoms with Gasteiger partial charge >= 0.3 is 0 Å². The Morgan fingerprint density at radius 1 is 1.31 bits per heavy atom. The molecule has 134 valence electrons. The summed E-state index contributed by atoms with van der Waals surface area (Å²) in [7, 11) is 0. The summed E-state index contributed by atoms with van der Waals surface area (Å²) in [4.78, 5) is 4.57. The molecule has 1 aliphatic carbocycles. The van der Waals surface area contributed by atoms with Crippen molar-refractivity contribution in [2.75, 3.05) is 18.4 Å². The molecule has 6 nitrogen and oxygen atoms in total. The average Bonchev–Trinajstić information content (AvgIpc) is 2.96. The van der Waals surface area contributed by atoms with E-state index in [1.54, 1.807) is 0 Å². The molecule has 5 aliphatic rings. The smallest absolute Gasteiger partial charge is 0.216 e. The lowest BCUT2D eigenvalue weighted by molar-refractivity contribution is -0.0136. The fraction of sp³-hybridized carbons (Fsp3) is 0.444. The van der Waals surface area contributed by atoms with E-state index >= 15 is 0 Å². The maximum absolute atomic E-state index is 11.3. The molecule has 0 saturated heterocycles. The number of hydrogen-bond donors (Lipinski definition) is 4. The minimum absolute atomic E-state index is 0.146. The highest BCUT2D eigenvalue weighted by Gasteiger charge is 2.61. The third-order valence-corrected chi connectivity index (χ3v) is 7.94. The van der Waals surface area contributed by atoms with Crippen LogP contribution in [-0.2, 0) is 5.41 Å². The van der Waals surface area contributed by atoms with Gasteiger partial charge < -0.3 is 20.6 Å². The number of hydrogen-bond acceptors (Lipinski definition) is 5. The zero-order chi connectivity index (χ0) is 18.0. The van der Waals surface area contributed by atoms with Crippen molar-refractivity contribution in [1.29, 1.82) is 0 Å². The van der Waals surface area contributed by atoms with Gasteiger partial charge in [0.2, 0.25) is 11.4 Å². The molecule has 8 heteroatoms. The number of fused-ring (bicyclic) bond motifs is 2. The van der Waals surface area contributed by atoms with Crippen LogP contribution in [0.15, 0.2) is 15.6 Å². The first-order valence-corrected chi connectivity index (χ1v) is 10.3. The molecule has 4 aliphatic heterocycles. The van der Waals surface area contributed by atoms with Gasteiger partial charge in [0.15, 0.2) is 5.75 Å². The van der Waals surface area contributed by atoms with Crippen molar-refractivity contribution >= 4 is 53.4 Å². The number of aliphatic imine (C=N–C) groups is 1. The van der Waals surface area contributed by atoms with Crippen molar-refractivity contribution < 1.29 is 15.3 Å². The molecule has 1 aromatic rings. The summed E-state index contributed by atoms with van der Waals surface area (Å²) in [6, 6.07) is -0.414. The van der Waals surface area contributed by atoms with E-state index in [1.807, 2.05) is 6.08 Å². The van der Waals surface area contributed by atoms with E-state index in [-0.39, 0.29) is 5.75 Å². The van der Waals surface area contributed by atoms with E-state index in [1.165, 1.54) is 0 Å². The van der Waals surface area contributed by atoms with Crippen molar-refractivity contribution in [3.05, 3.63) is 26.7 Å². The Balaban J connectivity index is 1.91. The van der Waals surface area contributed by atoms with Crippen molar-refractivity contribution in [3.8, 4) is 5.75 Å². The van der Waals surface area contributed by atoms with Crippen LogP contribution in [0.5, 0.6) is 5.75 Å². The Labute approximate surface area is 165 Å². The summed E-state index contributed by atoms with van der Waals surface area (Å²) < 4.78 is 3.60. The number of nitrogens with one attached hydrogen (secondary N) is 1. The van der Waals surface area contributed by atoms with Crippen LogP contribution < -0.4 is 20.5 Å². The molecule has 2 bridgehead atoms. The summed E-state index contributed by atoms with van der Waals surface area (Å²) in [5, 5.41) is 38.4. The molecule has 1 aromatic carbocycles. The first-order chi connectivity index (χ1) is 12.5. The monoisotopic (exact) mass is 480 g/mol. The highest BCUT2D eigenvalue weighted by atomic mass is 79.9. The van der Waals surface area contributed by atoms with E-state index in [4.69, 9.17) is 0 Å². The number of aliphatic hydroxyl groups excluding tert-OH is 2. The number of rotatable bonds is 0. The van der Waals surface area contributed by atoms with Gasteiger partial charge in [-0.3, -0.25) is 0 Å². The molecule has 0 radical (unpaired) electrons. The molecule has 1 spiro atoms. The summed E-state index contributed by atoms with van der Waals surface area (Å²) in [5.41, 5.74) is 2.65. The highest BCUT2D eigenvalue weighted by Crippen LogP contribution is 2.51. The predicted molar refractivity (Wildman–Crippen MR) is 105 cm³/mol. The molecule has 4 N–H and O–H groups in total. The lowest BCUT2D eigenvalue weighted by atomic mass is 9.62. The number of halogens is 2. The average molecular weight is 482 g/mol. The minimum Gasteiger partial charge on any atom is -0.504 e. The summed E-state index contributed by atoms with van der Waals surface area (Å²) >= 11 is 7.08. The van der Waals surface area contributed by atoms with Crippen LogP contribution in [0.1, 0.15) is 18.4 Å². The molecule has 0 aromatic heterocycles. The van der Waals surface area contributed by atoms with Crippen molar-refractivity contribution in [1.82, 2.24) is 4.58 Å². The fourth-order valence-electron chi connectivity index (χ4n) is 5.51. The quantitative estimate of drug-likeness (QED) is 0.317. The Morgan fingerprint density at radius 3 is 2.92 bits per heavy atom. The molecular formula is C18H16Br2N3O3+. The number of anilines is 1. The Morgan fingerprint density at radius 2 is 2.12 bits per heavy atom. The number of phenols is 1. The zero-order valence-electron chi connectivity index (χ0n) is 13.6. The molecule has 4 unspecified atom stereocenters. The molecule has 4 heterocycles. The van der Waals surface area contributed by atoms with E-state index in [9.17, 15) is 15.3 Å². The molecule has 6 rings (SSSR count). The maximum Gasteiger partial charge on any atom is 0.216 e. The zero-order valence-corrected chi connectivity index (χ0v) is 16.8. The summed E-state index contributed by atoms with van der Waals surface area (Å²) in [6.45, 7) is 1.33. The summed E-state index contributed by atoms with van der Waals surface area (Å²) in [6.07, 6.45) is 1.89. The molecule has 26 heavy (non-hydrogen) atoms. The number of nitrogens with zero attached hydrogens (tertiary/aromatic N) is 2. The van der Waals surface area contributed by atoms with Gasteiger partial charge in [0.1, 0.15) is 29.1 Å². The van der Waals surface area contributed by atoms with Crippen LogP contribution in [0, 0.1) is 0 Å². The van der Waals surface area contributed by atoms with Gasteiger partial charge in [-0.15, -0.1) is 0 Å². The first-order valence-electron chi connectivity index (χ1n) is 8.75. The van der Waals surface area contributed by atoms with Crippen molar-refractivity contribution in [3.63, 3.8) is 0 Å². The van der Waals surface area contributed by atoms with Gasteiger partial charge in [-0.25, -0.2) is 9.57 Å². The second-order valence-electron chi connectivity index (χ2n) is 7.62.